The largest absolute Gasteiger partial charge is 0.393 e. The molecule has 3 heterocycles. The topological polar surface area (TPSA) is 250 Å². The van der Waals surface area contributed by atoms with Crippen LogP contribution in [0.3, 0.4) is 0 Å². The van der Waals surface area contributed by atoms with Crippen LogP contribution >= 0.6 is 11.6 Å². The molecular weight excluding hydrogens is 1330 g/mol. The molecule has 4 saturated carbocycles. The van der Waals surface area contributed by atoms with E-state index in [-0.39, 0.29) is 101 Å². The molecule has 0 aromatic rings. The summed E-state index contributed by atoms with van der Waals surface area (Å²) in [5.41, 5.74) is -1.73. The molecule has 22 nitrogen and oxygen atoms in total. The van der Waals surface area contributed by atoms with Crippen molar-refractivity contribution in [2.24, 2.45) is 41.4 Å². The average Bonchev–Trinajstić information content (AvgIpc) is 1.39. The third-order valence-corrected chi connectivity index (χ3v) is 24.2. The summed E-state index contributed by atoms with van der Waals surface area (Å²) in [5.74, 6) is -14.2. The molecule has 3 saturated heterocycles. The van der Waals surface area contributed by atoms with Crippen molar-refractivity contribution >= 4 is 76.6 Å². The normalized spacial score (nSPS) is 33.0. The first-order valence-corrected chi connectivity index (χ1v) is 37.5. The quantitative estimate of drug-likeness (QED) is 0.132. The summed E-state index contributed by atoms with van der Waals surface area (Å²) in [6, 6.07) is -11.1. The lowest BCUT2D eigenvalue weighted by atomic mass is 9.78. The van der Waals surface area contributed by atoms with Gasteiger partial charge < -0.3 is 55.1 Å². The van der Waals surface area contributed by atoms with Gasteiger partial charge in [0.2, 0.25) is 65.0 Å². The Morgan fingerprint density at radius 2 is 1.26 bits per heavy atom. The van der Waals surface area contributed by atoms with Gasteiger partial charge in [-0.3, -0.25) is 52.7 Å². The fraction of sp³-hybridized carbons (Fsp3) is 0.847. The summed E-state index contributed by atoms with van der Waals surface area (Å²) < 4.78 is 74.4. The minimum Gasteiger partial charge on any atom is -0.343 e. The van der Waals surface area contributed by atoms with E-state index in [2.05, 4.69) is 22.9 Å². The number of nitrogens with zero attached hydrogens (tertiary/aromatic N) is 8. The Morgan fingerprint density at radius 3 is 1.83 bits per heavy atom. The Balaban J connectivity index is 1.28. The van der Waals surface area contributed by atoms with Crippen LogP contribution in [0.5, 0.6) is 0 Å². The molecule has 7 fully saturated rings. The number of halogens is 6. The van der Waals surface area contributed by atoms with Crippen LogP contribution in [0, 0.1) is 41.4 Å². The molecule has 7 rings (SSSR count). The highest BCUT2D eigenvalue weighted by Crippen LogP contribution is 2.45. The van der Waals surface area contributed by atoms with Crippen LogP contribution in [0.15, 0.2) is 0 Å². The fourth-order valence-corrected chi connectivity index (χ4v) is 17.2. The molecule has 566 valence electrons. The number of hydrogen-bond donors (Lipinski definition) is 3. The number of carbonyl (C=O) groups is 11. The standard InChI is InChI=1S/C72H115ClF5N11O11/c1-14-44(6)59-67(98)84(11)46(8)63(94)88-34-31-53(88)66(97)87(15-2)55(38-48-25-23-43(5)24-26-48)65(96)82(9)40-57(90)79-52(30-28-47-27-29-50(51(73)37-47)72(76,77)78)64(95)89-41-71(74,75)39-56(89)62(93)81-70(32-19-20-33-70)69(100)86(13)60(49-21-17-16-18-22-49)68(99)83(10)45(7)36-58(91)85(12)54(35-42(3)4)61(92)80-59/h42-56,59-60H,14-41H2,1-13H3,(H,79,90)(H,80,92)(H,81,93)/t43?,44-,45+,46-,47?,48?,50?,51?,52-,53-,54-,55-,56-,59-,60-/m0/s1. The van der Waals surface area contributed by atoms with E-state index in [1.807, 2.05) is 20.8 Å². The van der Waals surface area contributed by atoms with E-state index in [1.165, 1.54) is 71.6 Å². The van der Waals surface area contributed by atoms with Crippen LogP contribution in [0.2, 0.25) is 0 Å². The lowest BCUT2D eigenvalue weighted by Gasteiger charge is -2.46. The minimum atomic E-state index is -4.57. The van der Waals surface area contributed by atoms with Gasteiger partial charge in [0.25, 0.3) is 5.92 Å². The number of hydrogen-bond acceptors (Lipinski definition) is 11. The molecule has 28 heteroatoms. The maximum atomic E-state index is 16.2. The van der Waals surface area contributed by atoms with Crippen LogP contribution in [0.25, 0.3) is 0 Å². The van der Waals surface area contributed by atoms with E-state index < -0.39 is 180 Å². The molecule has 4 aliphatic carbocycles. The molecule has 100 heavy (non-hydrogen) atoms. The zero-order valence-corrected chi connectivity index (χ0v) is 62.2. The number of amides is 11. The number of carbonyl (C=O) groups excluding carboxylic acids is 11. The Labute approximate surface area is 593 Å². The van der Waals surface area contributed by atoms with Crippen molar-refractivity contribution in [3.05, 3.63) is 0 Å². The molecule has 3 N–H and O–H groups in total. The molecule has 3 unspecified atom stereocenters. The third-order valence-electron chi connectivity index (χ3n) is 23.7. The predicted octanol–water partition coefficient (Wildman–Crippen LogP) is 7.90. The van der Waals surface area contributed by atoms with Crippen molar-refractivity contribution in [1.29, 1.82) is 0 Å². The van der Waals surface area contributed by atoms with Gasteiger partial charge in [-0.25, -0.2) is 8.78 Å². The first kappa shape index (κ1) is 81.4. The van der Waals surface area contributed by atoms with Gasteiger partial charge in [0.05, 0.1) is 19.0 Å². The van der Waals surface area contributed by atoms with Gasteiger partial charge >= 0.3 is 6.18 Å². The summed E-state index contributed by atoms with van der Waals surface area (Å²) in [6.45, 7) is 12.6. The molecule has 3 aliphatic heterocycles. The lowest BCUT2D eigenvalue weighted by Crippen LogP contribution is -2.65. The number of rotatable bonds is 11. The fourth-order valence-electron chi connectivity index (χ4n) is 16.7. The number of alkyl halides is 6. The van der Waals surface area contributed by atoms with Crippen LogP contribution in [-0.2, 0) is 52.7 Å². The van der Waals surface area contributed by atoms with Crippen LogP contribution in [0.1, 0.15) is 209 Å². The molecule has 0 aromatic heterocycles. The van der Waals surface area contributed by atoms with E-state index >= 15 is 37.5 Å². The highest BCUT2D eigenvalue weighted by Gasteiger charge is 2.56. The smallest absolute Gasteiger partial charge is 0.343 e. The van der Waals surface area contributed by atoms with Crippen molar-refractivity contribution in [1.82, 2.24) is 55.1 Å². The first-order valence-electron chi connectivity index (χ1n) is 37.1. The van der Waals surface area contributed by atoms with E-state index in [1.54, 1.807) is 20.8 Å². The number of likely N-dealkylation sites (N-methyl/N-ethyl adjacent to an activating group) is 6. The van der Waals surface area contributed by atoms with Gasteiger partial charge in [-0.1, -0.05) is 98.8 Å². The van der Waals surface area contributed by atoms with E-state index in [0.29, 0.717) is 42.9 Å². The van der Waals surface area contributed by atoms with Crippen LogP contribution in [-0.4, -0.2) is 243 Å². The van der Waals surface area contributed by atoms with Crippen molar-refractivity contribution in [2.75, 3.05) is 61.4 Å². The second-order valence-electron chi connectivity index (χ2n) is 31.3. The third kappa shape index (κ3) is 19.3. The Morgan fingerprint density at radius 1 is 0.630 bits per heavy atom. The van der Waals surface area contributed by atoms with Crippen LogP contribution in [0.4, 0.5) is 22.0 Å². The highest BCUT2D eigenvalue weighted by atomic mass is 35.5. The van der Waals surface area contributed by atoms with Gasteiger partial charge in [0, 0.05) is 72.6 Å². The second kappa shape index (κ2) is 34.6. The Hall–Kier alpha value is -5.89. The van der Waals surface area contributed by atoms with Gasteiger partial charge in [0.1, 0.15) is 53.9 Å². The van der Waals surface area contributed by atoms with Crippen molar-refractivity contribution in [2.45, 2.75) is 287 Å². The molecule has 0 aromatic carbocycles. The lowest BCUT2D eigenvalue weighted by molar-refractivity contribution is -0.182. The SMILES string of the molecule is CC[C@H](C)[C@@H]1NC(=O)[C@H](CC(C)C)N(C)C(=O)C[C@@H](C)N(C)C(=O)[C@H](C2CCCCC2)N(C)C(=O)C2(CCCC2)NC(=O)[C@@H]2CC(F)(F)CN2C(=O)[C@H](CCC2CCC(C(F)(F)F)C(Cl)C2)NC(=O)CN(C)C(=O)[C@H](CC2CCC(C)CC2)N(CC)C(=O)[C@@H]2CCN2C(=O)[C@H](C)N(C)C1=O. The average molecular weight is 1440 g/mol. The molecule has 11 amide bonds. The van der Waals surface area contributed by atoms with Gasteiger partial charge in [-0.2, -0.15) is 13.2 Å². The predicted molar refractivity (Wildman–Crippen MR) is 366 cm³/mol. The summed E-state index contributed by atoms with van der Waals surface area (Å²) >= 11 is 6.37. The Kier molecular flexibility index (Phi) is 28.2. The van der Waals surface area contributed by atoms with Gasteiger partial charge in [-0.05, 0) is 133 Å². The maximum absolute atomic E-state index is 16.2. The zero-order chi connectivity index (χ0) is 74.2. The molecular formula is C72H115ClF5N11O11. The monoisotopic (exact) mass is 1440 g/mol. The van der Waals surface area contributed by atoms with E-state index in [4.69, 9.17) is 11.6 Å². The summed E-state index contributed by atoms with van der Waals surface area (Å²) in [5, 5.41) is 7.12. The second-order valence-corrected chi connectivity index (χ2v) is 31.9. The molecule has 7 aliphatic rings. The Bertz CT molecular complexity index is 2930. The summed E-state index contributed by atoms with van der Waals surface area (Å²) in [6.07, 6.45) is 2.02. The number of fused-ring (bicyclic) bond motifs is 2. The minimum absolute atomic E-state index is 0.00227. The molecule has 1 spiro atoms. The van der Waals surface area contributed by atoms with E-state index in [0.717, 1.165) is 49.8 Å². The molecule has 0 bridgehead atoms. The van der Waals surface area contributed by atoms with Crippen LogP contribution < -0.4 is 16.0 Å². The van der Waals surface area contributed by atoms with Crippen molar-refractivity contribution in [3.8, 4) is 0 Å². The zero-order valence-electron chi connectivity index (χ0n) is 61.5. The highest BCUT2D eigenvalue weighted by molar-refractivity contribution is 6.20. The molecule has 13 atom stereocenters. The first-order chi connectivity index (χ1) is 46.9. The number of nitrogens with one attached hydrogen (secondary N) is 3. The molecule has 0 radical (unpaired) electrons. The van der Waals surface area contributed by atoms with Gasteiger partial charge in [-0.15, -0.1) is 11.6 Å². The maximum Gasteiger partial charge on any atom is 0.393 e. The van der Waals surface area contributed by atoms with Crippen molar-refractivity contribution in [3.63, 3.8) is 0 Å². The van der Waals surface area contributed by atoms with Crippen molar-refractivity contribution < 1.29 is 74.7 Å². The van der Waals surface area contributed by atoms with E-state index in [9.17, 15) is 37.1 Å². The summed E-state index contributed by atoms with van der Waals surface area (Å²) in [4.78, 5) is 175. The summed E-state index contributed by atoms with van der Waals surface area (Å²) in [7, 11) is 7.28. The van der Waals surface area contributed by atoms with Gasteiger partial charge in [0.15, 0.2) is 0 Å².